The zero-order chi connectivity index (χ0) is 18.0. The minimum absolute atomic E-state index is 0.0949. The summed E-state index contributed by atoms with van der Waals surface area (Å²) in [4.78, 5) is 26.2. The van der Waals surface area contributed by atoms with Gasteiger partial charge >= 0.3 is 0 Å². The van der Waals surface area contributed by atoms with Crippen LogP contribution in [0.2, 0.25) is 5.02 Å². The van der Waals surface area contributed by atoms with Gasteiger partial charge in [-0.3, -0.25) is 9.59 Å². The van der Waals surface area contributed by atoms with Gasteiger partial charge in [0.15, 0.2) is 0 Å². The van der Waals surface area contributed by atoms with Crippen LogP contribution in [0.3, 0.4) is 0 Å². The van der Waals surface area contributed by atoms with E-state index < -0.39 is 0 Å². The molecule has 0 fully saturated rings. The molecule has 128 valence electrons. The fourth-order valence-corrected chi connectivity index (χ4v) is 3.21. The first kappa shape index (κ1) is 17.2. The van der Waals surface area contributed by atoms with Crippen molar-refractivity contribution in [2.75, 3.05) is 5.32 Å². The van der Waals surface area contributed by atoms with E-state index in [1.165, 1.54) is 6.92 Å². The molecule has 0 radical (unpaired) electrons. The molecule has 0 saturated carbocycles. The summed E-state index contributed by atoms with van der Waals surface area (Å²) in [6.07, 6.45) is 3.81. The first-order valence-electron chi connectivity index (χ1n) is 8.08. The lowest BCUT2D eigenvalue weighted by atomic mass is 9.93. The third-order valence-electron chi connectivity index (χ3n) is 4.39. The van der Waals surface area contributed by atoms with Crippen LogP contribution in [0, 0.1) is 6.92 Å². The highest BCUT2D eigenvalue weighted by molar-refractivity contribution is 6.31. The Morgan fingerprint density at radius 3 is 2.68 bits per heavy atom. The fraction of sp³-hybridized carbons (Fsp3) is 0.200. The Hall–Kier alpha value is -2.59. The quantitative estimate of drug-likeness (QED) is 0.878. The maximum Gasteiger partial charge on any atom is 0.226 e. The highest BCUT2D eigenvalue weighted by Crippen LogP contribution is 2.33. The van der Waals surface area contributed by atoms with Gasteiger partial charge in [0, 0.05) is 23.8 Å². The normalized spacial score (nSPS) is 15.6. The summed E-state index contributed by atoms with van der Waals surface area (Å²) in [7, 11) is 0. The summed E-state index contributed by atoms with van der Waals surface area (Å²) < 4.78 is 0. The number of amides is 2. The molecule has 0 spiro atoms. The molecule has 0 bridgehead atoms. The van der Waals surface area contributed by atoms with Crippen molar-refractivity contribution in [2.24, 2.45) is 0 Å². The van der Waals surface area contributed by atoms with Gasteiger partial charge in [-0.05, 0) is 41.8 Å². The maximum atomic E-state index is 12.6. The molecule has 4 nitrogen and oxygen atoms in total. The van der Waals surface area contributed by atoms with Crippen molar-refractivity contribution in [1.82, 2.24) is 4.90 Å². The van der Waals surface area contributed by atoms with Crippen LogP contribution >= 0.6 is 11.6 Å². The summed E-state index contributed by atoms with van der Waals surface area (Å²) >= 11 is 6.11. The number of carbonyl (C=O) groups is 2. The molecule has 0 aromatic heterocycles. The second-order valence-electron chi connectivity index (χ2n) is 6.05. The number of carbonyl (C=O) groups excluding carboxylic acids is 2. The summed E-state index contributed by atoms with van der Waals surface area (Å²) in [6, 6.07) is 12.9. The molecule has 2 aromatic carbocycles. The molecular formula is C20H19ClN2O2. The van der Waals surface area contributed by atoms with Gasteiger partial charge in [-0.25, -0.2) is 0 Å². The second kappa shape index (κ2) is 7.11. The predicted octanol–water partition coefficient (Wildman–Crippen LogP) is 4.55. The molecule has 1 aliphatic heterocycles. The number of anilines is 1. The Balaban J connectivity index is 1.84. The number of halogens is 1. The number of hydrogen-bond donors (Lipinski definition) is 1. The number of nitrogens with one attached hydrogen (secondary N) is 1. The van der Waals surface area contributed by atoms with Gasteiger partial charge in [0.05, 0.1) is 12.5 Å². The lowest BCUT2D eigenvalue weighted by molar-refractivity contribution is -0.129. The zero-order valence-corrected chi connectivity index (χ0v) is 14.9. The van der Waals surface area contributed by atoms with Crippen molar-refractivity contribution in [1.29, 1.82) is 0 Å². The number of fused-ring (bicyclic) bond motifs is 1. The smallest absolute Gasteiger partial charge is 0.226 e. The minimum Gasteiger partial charge on any atom is -0.326 e. The molecule has 0 saturated heterocycles. The van der Waals surface area contributed by atoms with Crippen molar-refractivity contribution in [3.8, 4) is 0 Å². The molecule has 2 aromatic rings. The minimum atomic E-state index is -0.321. The van der Waals surface area contributed by atoms with E-state index in [1.807, 2.05) is 43.3 Å². The van der Waals surface area contributed by atoms with Crippen LogP contribution in [0.15, 0.2) is 48.7 Å². The van der Waals surface area contributed by atoms with Crippen molar-refractivity contribution in [2.45, 2.75) is 26.3 Å². The Labute approximate surface area is 152 Å². The van der Waals surface area contributed by atoms with E-state index in [-0.39, 0.29) is 24.3 Å². The Morgan fingerprint density at radius 2 is 1.92 bits per heavy atom. The fourth-order valence-electron chi connectivity index (χ4n) is 3.03. The number of benzene rings is 2. The average molecular weight is 355 g/mol. The molecule has 5 heteroatoms. The van der Waals surface area contributed by atoms with E-state index in [1.54, 1.807) is 23.2 Å². The molecule has 1 N–H and O–H groups in total. The molecule has 2 amide bonds. The van der Waals surface area contributed by atoms with E-state index in [0.29, 0.717) is 10.7 Å². The molecule has 0 aliphatic carbocycles. The Morgan fingerprint density at radius 1 is 1.16 bits per heavy atom. The van der Waals surface area contributed by atoms with E-state index >= 15 is 0 Å². The molecule has 1 heterocycles. The van der Waals surface area contributed by atoms with Crippen molar-refractivity contribution >= 4 is 35.2 Å². The van der Waals surface area contributed by atoms with Crippen LogP contribution in [0.5, 0.6) is 0 Å². The van der Waals surface area contributed by atoms with Crippen LogP contribution in [0.25, 0.3) is 6.08 Å². The van der Waals surface area contributed by atoms with Gasteiger partial charge in [-0.1, -0.05) is 41.9 Å². The van der Waals surface area contributed by atoms with E-state index in [2.05, 4.69) is 5.32 Å². The highest BCUT2D eigenvalue weighted by Gasteiger charge is 2.28. The topological polar surface area (TPSA) is 49.4 Å². The number of rotatable bonds is 3. The Kier molecular flexibility index (Phi) is 4.91. The molecule has 1 unspecified atom stereocenters. The largest absolute Gasteiger partial charge is 0.326 e. The van der Waals surface area contributed by atoms with Gasteiger partial charge in [-0.2, -0.15) is 0 Å². The van der Waals surface area contributed by atoms with Gasteiger partial charge in [-0.15, -0.1) is 0 Å². The third-order valence-corrected chi connectivity index (χ3v) is 4.80. The summed E-state index contributed by atoms with van der Waals surface area (Å²) in [6.45, 7) is 3.36. The van der Waals surface area contributed by atoms with E-state index in [0.717, 1.165) is 16.7 Å². The third kappa shape index (κ3) is 3.59. The predicted molar refractivity (Wildman–Crippen MR) is 100 cm³/mol. The van der Waals surface area contributed by atoms with Crippen LogP contribution in [-0.2, 0) is 9.59 Å². The summed E-state index contributed by atoms with van der Waals surface area (Å²) in [5.74, 6) is -0.255. The lowest BCUT2D eigenvalue weighted by Crippen LogP contribution is -2.33. The second-order valence-corrected chi connectivity index (χ2v) is 6.46. The Bertz CT molecular complexity index is 861. The van der Waals surface area contributed by atoms with Gasteiger partial charge in [0.1, 0.15) is 0 Å². The standard InChI is InChI=1S/C20H19ClN2O2/c1-13-17(21)8-5-9-18(13)22-20(25)12-19-16-7-4-3-6-15(16)10-11-23(19)14(2)24/h3-11,19H,12H2,1-2H3,(H,22,25). The van der Waals surface area contributed by atoms with E-state index in [4.69, 9.17) is 11.6 Å². The summed E-state index contributed by atoms with van der Waals surface area (Å²) in [5.41, 5.74) is 3.51. The first-order chi connectivity index (χ1) is 12.0. The molecule has 1 atom stereocenters. The molecular weight excluding hydrogens is 336 g/mol. The van der Waals surface area contributed by atoms with E-state index in [9.17, 15) is 9.59 Å². The zero-order valence-electron chi connectivity index (χ0n) is 14.1. The van der Waals surface area contributed by atoms with Crippen LogP contribution in [-0.4, -0.2) is 16.7 Å². The van der Waals surface area contributed by atoms with Crippen molar-refractivity contribution < 1.29 is 9.59 Å². The van der Waals surface area contributed by atoms with Gasteiger partial charge in [0.25, 0.3) is 0 Å². The first-order valence-corrected chi connectivity index (χ1v) is 8.46. The molecule has 3 rings (SSSR count). The van der Waals surface area contributed by atoms with Crippen molar-refractivity contribution in [3.63, 3.8) is 0 Å². The molecule has 1 aliphatic rings. The average Bonchev–Trinajstić information content (AvgIpc) is 2.59. The highest BCUT2D eigenvalue weighted by atomic mass is 35.5. The van der Waals surface area contributed by atoms with Crippen LogP contribution in [0.4, 0.5) is 5.69 Å². The van der Waals surface area contributed by atoms with Gasteiger partial charge < -0.3 is 10.2 Å². The maximum absolute atomic E-state index is 12.6. The van der Waals surface area contributed by atoms with Crippen LogP contribution < -0.4 is 5.32 Å². The SMILES string of the molecule is CC(=O)N1C=Cc2ccccc2C1CC(=O)Nc1cccc(Cl)c1C. The lowest BCUT2D eigenvalue weighted by Gasteiger charge is -2.32. The summed E-state index contributed by atoms with van der Waals surface area (Å²) in [5, 5.41) is 3.51. The monoisotopic (exact) mass is 354 g/mol. The van der Waals surface area contributed by atoms with Gasteiger partial charge in [0.2, 0.25) is 11.8 Å². The molecule has 25 heavy (non-hydrogen) atoms. The van der Waals surface area contributed by atoms with Crippen molar-refractivity contribution in [3.05, 3.63) is 70.4 Å². The number of nitrogens with zero attached hydrogens (tertiary/aromatic N) is 1. The number of hydrogen-bond acceptors (Lipinski definition) is 2. The van der Waals surface area contributed by atoms with Crippen LogP contribution in [0.1, 0.15) is 36.1 Å².